The molecule has 0 N–H and O–H groups in total. The average Bonchev–Trinajstić information content (AvgIpc) is 3.42. The molecule has 1 atom stereocenters. The largest absolute Gasteiger partial charge is 0.301 e. The molecule has 1 saturated carbocycles. The van der Waals surface area contributed by atoms with E-state index in [1.807, 2.05) is 0 Å². The number of rotatable bonds is 11. The first kappa shape index (κ1) is 22.5. The molecule has 0 radical (unpaired) electrons. The van der Waals surface area contributed by atoms with Crippen LogP contribution in [0.5, 0.6) is 0 Å². The van der Waals surface area contributed by atoms with Crippen LogP contribution in [0.2, 0.25) is 0 Å². The summed E-state index contributed by atoms with van der Waals surface area (Å²) in [6.07, 6.45) is 8.42. The zero-order valence-corrected chi connectivity index (χ0v) is 19.5. The van der Waals surface area contributed by atoms with E-state index in [2.05, 4.69) is 47.3 Å². The SMILES string of the molecule is CCCC(C)N1CCN(CCCN2CCN(CC3(CC(C)C)CC3)CC2)CC1. The van der Waals surface area contributed by atoms with Gasteiger partial charge in [0.05, 0.1) is 0 Å². The zero-order valence-electron chi connectivity index (χ0n) is 19.5. The van der Waals surface area contributed by atoms with Crippen molar-refractivity contribution >= 4 is 0 Å². The van der Waals surface area contributed by atoms with Crippen molar-refractivity contribution in [2.24, 2.45) is 11.3 Å². The van der Waals surface area contributed by atoms with Gasteiger partial charge in [0, 0.05) is 64.9 Å². The van der Waals surface area contributed by atoms with Crippen molar-refractivity contribution in [3.05, 3.63) is 0 Å². The summed E-state index contributed by atoms with van der Waals surface area (Å²) >= 11 is 0. The minimum atomic E-state index is 0.701. The Hall–Kier alpha value is -0.160. The Morgan fingerprint density at radius 1 is 0.750 bits per heavy atom. The third-order valence-corrected chi connectivity index (χ3v) is 7.51. The fraction of sp³-hybridized carbons (Fsp3) is 1.00. The standard InChI is InChI=1S/C24H48N4/c1-5-7-23(4)28-18-16-26(17-19-28)11-6-10-25-12-14-27(15-13-25)21-24(8-9-24)20-22(2)3/h22-23H,5-21H2,1-4H3. The minimum Gasteiger partial charge on any atom is -0.301 e. The van der Waals surface area contributed by atoms with Gasteiger partial charge in [-0.05, 0) is 63.5 Å². The summed E-state index contributed by atoms with van der Waals surface area (Å²) in [5.41, 5.74) is 0.701. The first-order valence-corrected chi connectivity index (χ1v) is 12.4. The van der Waals surface area contributed by atoms with E-state index < -0.39 is 0 Å². The quantitative estimate of drug-likeness (QED) is 0.532. The van der Waals surface area contributed by atoms with Crippen LogP contribution in [-0.4, -0.2) is 97.6 Å². The molecule has 2 heterocycles. The number of nitrogens with zero attached hydrogens (tertiary/aromatic N) is 4. The number of piperazine rings is 2. The first-order chi connectivity index (χ1) is 13.5. The molecule has 4 nitrogen and oxygen atoms in total. The highest BCUT2D eigenvalue weighted by Crippen LogP contribution is 2.51. The molecular formula is C24H48N4. The molecule has 1 unspecified atom stereocenters. The lowest BCUT2D eigenvalue weighted by Gasteiger charge is -2.39. The van der Waals surface area contributed by atoms with Gasteiger partial charge in [-0.1, -0.05) is 27.2 Å². The summed E-state index contributed by atoms with van der Waals surface area (Å²) in [6.45, 7) is 23.8. The van der Waals surface area contributed by atoms with E-state index in [-0.39, 0.29) is 0 Å². The average molecular weight is 393 g/mol. The maximum atomic E-state index is 2.77. The van der Waals surface area contributed by atoms with Gasteiger partial charge in [0.15, 0.2) is 0 Å². The fourth-order valence-corrected chi connectivity index (χ4v) is 5.66. The van der Waals surface area contributed by atoms with Crippen molar-refractivity contribution in [2.75, 3.05) is 72.0 Å². The van der Waals surface area contributed by atoms with E-state index in [0.717, 1.165) is 12.0 Å². The topological polar surface area (TPSA) is 13.0 Å². The van der Waals surface area contributed by atoms with Gasteiger partial charge >= 0.3 is 0 Å². The summed E-state index contributed by atoms with van der Waals surface area (Å²) in [5, 5.41) is 0. The Bertz CT molecular complexity index is 432. The smallest absolute Gasteiger partial charge is 0.0113 e. The molecule has 3 rings (SSSR count). The van der Waals surface area contributed by atoms with Crippen LogP contribution in [0.3, 0.4) is 0 Å². The molecule has 3 fully saturated rings. The Morgan fingerprint density at radius 3 is 1.79 bits per heavy atom. The van der Waals surface area contributed by atoms with Crippen molar-refractivity contribution in [3.63, 3.8) is 0 Å². The fourth-order valence-electron chi connectivity index (χ4n) is 5.66. The molecule has 2 saturated heterocycles. The molecule has 28 heavy (non-hydrogen) atoms. The predicted octanol–water partition coefficient (Wildman–Crippen LogP) is 3.63. The van der Waals surface area contributed by atoms with Crippen molar-refractivity contribution in [3.8, 4) is 0 Å². The lowest BCUT2D eigenvalue weighted by Crippen LogP contribution is -2.50. The van der Waals surface area contributed by atoms with Crippen LogP contribution in [0, 0.1) is 11.3 Å². The monoisotopic (exact) mass is 392 g/mol. The van der Waals surface area contributed by atoms with E-state index in [4.69, 9.17) is 0 Å². The third kappa shape index (κ3) is 6.97. The van der Waals surface area contributed by atoms with Crippen LogP contribution in [0.15, 0.2) is 0 Å². The lowest BCUT2D eigenvalue weighted by atomic mass is 9.93. The number of hydrogen-bond donors (Lipinski definition) is 0. The maximum Gasteiger partial charge on any atom is 0.0113 e. The van der Waals surface area contributed by atoms with Gasteiger partial charge in [-0.25, -0.2) is 0 Å². The first-order valence-electron chi connectivity index (χ1n) is 12.4. The molecule has 0 spiro atoms. The van der Waals surface area contributed by atoms with Crippen LogP contribution in [0.25, 0.3) is 0 Å². The Morgan fingerprint density at radius 2 is 1.29 bits per heavy atom. The summed E-state index contributed by atoms with van der Waals surface area (Å²) in [6, 6.07) is 0.777. The van der Waals surface area contributed by atoms with Crippen LogP contribution >= 0.6 is 0 Å². The molecule has 2 aliphatic heterocycles. The highest BCUT2D eigenvalue weighted by atomic mass is 15.3. The van der Waals surface area contributed by atoms with Crippen molar-refractivity contribution in [1.82, 2.24) is 19.6 Å². The van der Waals surface area contributed by atoms with E-state index in [1.165, 1.54) is 111 Å². The molecule has 0 aromatic heterocycles. The summed E-state index contributed by atoms with van der Waals surface area (Å²) in [4.78, 5) is 10.9. The Balaban J connectivity index is 1.24. The third-order valence-electron chi connectivity index (χ3n) is 7.51. The van der Waals surface area contributed by atoms with Crippen LogP contribution in [0.1, 0.15) is 66.2 Å². The molecule has 0 bridgehead atoms. The van der Waals surface area contributed by atoms with E-state index >= 15 is 0 Å². The van der Waals surface area contributed by atoms with Crippen LogP contribution < -0.4 is 0 Å². The molecule has 164 valence electrons. The molecule has 4 heteroatoms. The second-order valence-corrected chi connectivity index (χ2v) is 10.6. The van der Waals surface area contributed by atoms with E-state index in [1.54, 1.807) is 0 Å². The highest BCUT2D eigenvalue weighted by molar-refractivity contribution is 4.96. The van der Waals surface area contributed by atoms with E-state index in [9.17, 15) is 0 Å². The van der Waals surface area contributed by atoms with Crippen LogP contribution in [-0.2, 0) is 0 Å². The van der Waals surface area contributed by atoms with Crippen molar-refractivity contribution in [1.29, 1.82) is 0 Å². The normalized spacial score (nSPS) is 26.0. The summed E-state index contributed by atoms with van der Waals surface area (Å²) in [7, 11) is 0. The van der Waals surface area contributed by atoms with Gasteiger partial charge in [0.1, 0.15) is 0 Å². The Kier molecular flexibility index (Phi) is 8.64. The highest BCUT2D eigenvalue weighted by Gasteiger charge is 2.44. The molecule has 1 aliphatic carbocycles. The Labute approximate surface area is 175 Å². The number of hydrogen-bond acceptors (Lipinski definition) is 4. The van der Waals surface area contributed by atoms with Gasteiger partial charge in [-0.15, -0.1) is 0 Å². The zero-order chi connectivity index (χ0) is 20.0. The van der Waals surface area contributed by atoms with Gasteiger partial charge in [-0.3, -0.25) is 4.90 Å². The van der Waals surface area contributed by atoms with Gasteiger partial charge in [0.2, 0.25) is 0 Å². The van der Waals surface area contributed by atoms with Gasteiger partial charge in [-0.2, -0.15) is 0 Å². The molecule has 0 aromatic carbocycles. The maximum absolute atomic E-state index is 2.77. The van der Waals surface area contributed by atoms with Crippen LogP contribution in [0.4, 0.5) is 0 Å². The minimum absolute atomic E-state index is 0.701. The molecule has 0 amide bonds. The van der Waals surface area contributed by atoms with Gasteiger partial charge < -0.3 is 14.7 Å². The van der Waals surface area contributed by atoms with Crippen molar-refractivity contribution in [2.45, 2.75) is 72.3 Å². The van der Waals surface area contributed by atoms with Crippen molar-refractivity contribution < 1.29 is 0 Å². The summed E-state index contributed by atoms with van der Waals surface area (Å²) in [5.74, 6) is 0.862. The lowest BCUT2D eigenvalue weighted by molar-refractivity contribution is 0.0857. The molecule has 0 aromatic rings. The second-order valence-electron chi connectivity index (χ2n) is 10.6. The predicted molar refractivity (Wildman–Crippen MR) is 121 cm³/mol. The van der Waals surface area contributed by atoms with E-state index in [0.29, 0.717) is 5.41 Å². The molecular weight excluding hydrogens is 344 g/mol. The summed E-state index contributed by atoms with van der Waals surface area (Å²) < 4.78 is 0. The second kappa shape index (κ2) is 10.7. The van der Waals surface area contributed by atoms with Gasteiger partial charge in [0.25, 0.3) is 0 Å². The molecule has 3 aliphatic rings.